The third kappa shape index (κ3) is 2.82. The van der Waals surface area contributed by atoms with Gasteiger partial charge in [-0.3, -0.25) is 0 Å². The molecule has 1 atom stereocenters. The predicted molar refractivity (Wildman–Crippen MR) is 51.5 cm³/mol. The Hall–Kier alpha value is -0.340. The van der Waals surface area contributed by atoms with E-state index in [1.807, 2.05) is 0 Å². The highest BCUT2D eigenvalue weighted by atomic mass is 16.7. The number of hydrogen-bond acceptors (Lipinski definition) is 2. The summed E-state index contributed by atoms with van der Waals surface area (Å²) in [6.45, 7) is 1.67. The molecule has 1 fully saturated rings. The lowest BCUT2D eigenvalue weighted by atomic mass is 10.0. The summed E-state index contributed by atoms with van der Waals surface area (Å²) in [6, 6.07) is 0. The van der Waals surface area contributed by atoms with Gasteiger partial charge in [-0.15, -0.1) is 0 Å². The minimum atomic E-state index is 0.0860. The second-order valence-corrected chi connectivity index (χ2v) is 3.86. The summed E-state index contributed by atoms with van der Waals surface area (Å²) in [7, 11) is 0. The molecule has 0 spiro atoms. The Morgan fingerprint density at radius 2 is 2.38 bits per heavy atom. The number of rotatable bonds is 3. The highest BCUT2D eigenvalue weighted by Gasteiger charge is 2.16. The Bertz CT molecular complexity index is 181. The van der Waals surface area contributed by atoms with Gasteiger partial charge in [0, 0.05) is 13.0 Å². The molecule has 13 heavy (non-hydrogen) atoms. The van der Waals surface area contributed by atoms with Gasteiger partial charge in [0.1, 0.15) is 0 Å². The van der Waals surface area contributed by atoms with Crippen LogP contribution in [0.2, 0.25) is 0 Å². The van der Waals surface area contributed by atoms with Crippen molar-refractivity contribution < 1.29 is 9.47 Å². The average molecular weight is 182 g/mol. The van der Waals surface area contributed by atoms with Gasteiger partial charge in [0.25, 0.3) is 0 Å². The molecule has 1 heterocycles. The maximum absolute atomic E-state index is 5.65. The van der Waals surface area contributed by atoms with Gasteiger partial charge in [-0.2, -0.15) is 0 Å². The van der Waals surface area contributed by atoms with E-state index < -0.39 is 0 Å². The van der Waals surface area contributed by atoms with Crippen molar-refractivity contribution in [1.82, 2.24) is 0 Å². The Morgan fingerprint density at radius 3 is 3.08 bits per heavy atom. The fourth-order valence-electron chi connectivity index (χ4n) is 1.92. The van der Waals surface area contributed by atoms with Crippen LogP contribution in [0.3, 0.4) is 0 Å². The molecule has 2 heteroatoms. The monoisotopic (exact) mass is 182 g/mol. The van der Waals surface area contributed by atoms with Gasteiger partial charge < -0.3 is 9.47 Å². The third-order valence-electron chi connectivity index (χ3n) is 2.73. The van der Waals surface area contributed by atoms with Gasteiger partial charge in [0.15, 0.2) is 6.29 Å². The summed E-state index contributed by atoms with van der Waals surface area (Å²) in [6.07, 6.45) is 9.80. The van der Waals surface area contributed by atoms with Gasteiger partial charge in [-0.25, -0.2) is 0 Å². The number of hydrogen-bond donors (Lipinski definition) is 0. The van der Waals surface area contributed by atoms with Gasteiger partial charge in [-0.05, 0) is 37.7 Å². The predicted octanol–water partition coefficient (Wildman–Crippen LogP) is 2.64. The molecule has 2 nitrogen and oxygen atoms in total. The van der Waals surface area contributed by atoms with E-state index in [1.54, 1.807) is 0 Å². The first kappa shape index (κ1) is 9.22. The van der Waals surface area contributed by atoms with Crippen LogP contribution in [0.1, 0.15) is 38.5 Å². The van der Waals surface area contributed by atoms with E-state index in [4.69, 9.17) is 9.47 Å². The molecule has 1 saturated heterocycles. The van der Waals surface area contributed by atoms with Crippen molar-refractivity contribution >= 4 is 0 Å². The molecular formula is C11H18O2. The van der Waals surface area contributed by atoms with Gasteiger partial charge >= 0.3 is 0 Å². The zero-order valence-electron chi connectivity index (χ0n) is 8.13. The second kappa shape index (κ2) is 4.77. The summed E-state index contributed by atoms with van der Waals surface area (Å²) >= 11 is 0. The van der Waals surface area contributed by atoms with E-state index in [1.165, 1.54) is 31.3 Å². The second-order valence-electron chi connectivity index (χ2n) is 3.86. The van der Waals surface area contributed by atoms with E-state index in [0.717, 1.165) is 26.1 Å². The molecule has 74 valence electrons. The van der Waals surface area contributed by atoms with Crippen molar-refractivity contribution in [3.8, 4) is 0 Å². The molecular weight excluding hydrogens is 164 g/mol. The SMILES string of the molecule is C1=C(COC2CCCO2)CCCC1. The van der Waals surface area contributed by atoms with E-state index in [2.05, 4.69) is 6.08 Å². The van der Waals surface area contributed by atoms with Crippen LogP contribution in [-0.2, 0) is 9.47 Å². The maximum Gasteiger partial charge on any atom is 0.158 e. The Morgan fingerprint density at radius 1 is 1.38 bits per heavy atom. The zero-order valence-corrected chi connectivity index (χ0v) is 8.13. The van der Waals surface area contributed by atoms with Crippen LogP contribution in [0.4, 0.5) is 0 Å². The van der Waals surface area contributed by atoms with Crippen LogP contribution in [0.5, 0.6) is 0 Å². The van der Waals surface area contributed by atoms with Crippen LogP contribution < -0.4 is 0 Å². The van der Waals surface area contributed by atoms with Crippen LogP contribution in [0, 0.1) is 0 Å². The minimum absolute atomic E-state index is 0.0860. The molecule has 2 aliphatic rings. The number of ether oxygens (including phenoxy) is 2. The third-order valence-corrected chi connectivity index (χ3v) is 2.73. The van der Waals surface area contributed by atoms with Gasteiger partial charge in [0.05, 0.1) is 6.61 Å². The van der Waals surface area contributed by atoms with Crippen LogP contribution >= 0.6 is 0 Å². The summed E-state index contributed by atoms with van der Waals surface area (Å²) in [5.74, 6) is 0. The summed E-state index contributed by atoms with van der Waals surface area (Å²) in [5.41, 5.74) is 1.47. The smallest absolute Gasteiger partial charge is 0.158 e. The molecule has 0 aromatic rings. The molecule has 0 N–H and O–H groups in total. The van der Waals surface area contributed by atoms with Crippen molar-refractivity contribution in [2.24, 2.45) is 0 Å². The Balaban J connectivity index is 1.68. The summed E-state index contributed by atoms with van der Waals surface area (Å²) in [4.78, 5) is 0. The first-order valence-electron chi connectivity index (χ1n) is 5.36. The maximum atomic E-state index is 5.65. The highest BCUT2D eigenvalue weighted by Crippen LogP contribution is 2.20. The van der Waals surface area contributed by atoms with Gasteiger partial charge in [0.2, 0.25) is 0 Å². The molecule has 2 rings (SSSR count). The molecule has 0 saturated carbocycles. The Labute approximate surface area is 79.9 Å². The zero-order chi connectivity index (χ0) is 8.93. The summed E-state index contributed by atoms with van der Waals surface area (Å²) in [5, 5.41) is 0. The highest BCUT2D eigenvalue weighted by molar-refractivity contribution is 5.05. The van der Waals surface area contributed by atoms with E-state index in [9.17, 15) is 0 Å². The fourth-order valence-corrected chi connectivity index (χ4v) is 1.92. The van der Waals surface area contributed by atoms with Gasteiger partial charge in [-0.1, -0.05) is 6.08 Å². The van der Waals surface area contributed by atoms with Crippen molar-refractivity contribution in [3.63, 3.8) is 0 Å². The average Bonchev–Trinajstić information content (AvgIpc) is 2.69. The number of allylic oxidation sites excluding steroid dienone is 1. The van der Waals surface area contributed by atoms with E-state index in [-0.39, 0.29) is 6.29 Å². The first-order chi connectivity index (χ1) is 6.45. The molecule has 1 aliphatic carbocycles. The largest absolute Gasteiger partial charge is 0.353 e. The fraction of sp³-hybridized carbons (Fsp3) is 0.818. The normalized spacial score (nSPS) is 28.9. The molecule has 0 amide bonds. The Kier molecular flexibility index (Phi) is 3.39. The lowest BCUT2D eigenvalue weighted by Gasteiger charge is -2.15. The topological polar surface area (TPSA) is 18.5 Å². The molecule has 0 radical (unpaired) electrons. The molecule has 0 aromatic heterocycles. The quantitative estimate of drug-likeness (QED) is 0.625. The molecule has 1 unspecified atom stereocenters. The van der Waals surface area contributed by atoms with Crippen molar-refractivity contribution in [2.75, 3.05) is 13.2 Å². The van der Waals surface area contributed by atoms with Crippen LogP contribution in [0.15, 0.2) is 11.6 Å². The van der Waals surface area contributed by atoms with Crippen molar-refractivity contribution in [1.29, 1.82) is 0 Å². The van der Waals surface area contributed by atoms with Crippen molar-refractivity contribution in [2.45, 2.75) is 44.8 Å². The molecule has 0 aromatic carbocycles. The van der Waals surface area contributed by atoms with Crippen molar-refractivity contribution in [3.05, 3.63) is 11.6 Å². The molecule has 0 bridgehead atoms. The molecule has 1 aliphatic heterocycles. The van der Waals surface area contributed by atoms with Crippen LogP contribution in [0.25, 0.3) is 0 Å². The van der Waals surface area contributed by atoms with E-state index >= 15 is 0 Å². The summed E-state index contributed by atoms with van der Waals surface area (Å²) < 4.78 is 11.0. The standard InChI is InChI=1S/C11H18O2/c1-2-5-10(6-3-1)9-13-11-7-4-8-12-11/h5,11H,1-4,6-9H2. The van der Waals surface area contributed by atoms with Crippen LogP contribution in [-0.4, -0.2) is 19.5 Å². The lowest BCUT2D eigenvalue weighted by Crippen LogP contribution is -2.13. The minimum Gasteiger partial charge on any atom is -0.353 e. The lowest BCUT2D eigenvalue weighted by molar-refractivity contribution is -0.104. The van der Waals surface area contributed by atoms with E-state index in [0.29, 0.717) is 0 Å². The first-order valence-corrected chi connectivity index (χ1v) is 5.36.